The highest BCUT2D eigenvalue weighted by atomic mass is 13.9. The van der Waals surface area contributed by atoms with Crippen molar-refractivity contribution in [2.75, 3.05) is 0 Å². The van der Waals surface area contributed by atoms with Gasteiger partial charge in [-0.3, -0.25) is 0 Å². The lowest BCUT2D eigenvalue weighted by Gasteiger charge is -1.94. The zero-order valence-corrected chi connectivity index (χ0v) is 14.4. The second kappa shape index (κ2) is 9.53. The minimum Gasteiger partial charge on any atom is -0.0623 e. The lowest BCUT2D eigenvalue weighted by molar-refractivity contribution is 1.59. The Morgan fingerprint density at radius 3 is 1.23 bits per heavy atom. The van der Waals surface area contributed by atoms with Crippen LogP contribution >= 0.6 is 0 Å². The molecule has 1 aromatic carbocycles. The van der Waals surface area contributed by atoms with Crippen LogP contribution in [-0.2, 0) is 0 Å². The van der Waals surface area contributed by atoms with Gasteiger partial charge >= 0.3 is 0 Å². The average molecular weight is 330 g/mol. The molecule has 0 fully saturated rings. The van der Waals surface area contributed by atoms with E-state index in [1.54, 1.807) is 0 Å². The predicted octanol–water partition coefficient (Wildman–Crippen LogP) is 5.61. The minimum absolute atomic E-state index is 0.976. The molecule has 0 saturated carbocycles. The summed E-state index contributed by atoms with van der Waals surface area (Å²) in [5, 5.41) is 0. The van der Waals surface area contributed by atoms with Crippen molar-refractivity contribution in [3.63, 3.8) is 0 Å². The Morgan fingerprint density at radius 1 is 0.385 bits per heavy atom. The summed E-state index contributed by atoms with van der Waals surface area (Å²) < 4.78 is 0. The maximum atomic E-state index is 3.20. The average Bonchev–Trinajstić information content (AvgIpc) is 2.61. The van der Waals surface area contributed by atoms with Crippen molar-refractivity contribution in [1.82, 2.24) is 0 Å². The molecule has 0 unspecified atom stereocenters. The van der Waals surface area contributed by atoms with Crippen molar-refractivity contribution in [3.05, 3.63) is 132 Å². The third-order valence-electron chi connectivity index (χ3n) is 3.58. The summed E-state index contributed by atoms with van der Waals surface area (Å²) in [4.78, 5) is 0. The molecule has 0 spiro atoms. The van der Waals surface area contributed by atoms with Gasteiger partial charge in [0.2, 0.25) is 0 Å². The van der Waals surface area contributed by atoms with Crippen LogP contribution in [0.1, 0.15) is 11.1 Å². The third-order valence-corrected chi connectivity index (χ3v) is 3.58. The van der Waals surface area contributed by atoms with E-state index in [0.717, 1.165) is 22.3 Å². The molecule has 2 aliphatic rings. The molecular weight excluding hydrogens is 312 g/mol. The first-order valence-corrected chi connectivity index (χ1v) is 8.48. The quantitative estimate of drug-likeness (QED) is 0.543. The van der Waals surface area contributed by atoms with Crippen molar-refractivity contribution in [3.8, 4) is 23.7 Å². The fraction of sp³-hybridized carbons (Fsp3) is 0. The summed E-state index contributed by atoms with van der Waals surface area (Å²) in [5.74, 6) is 12.8. The van der Waals surface area contributed by atoms with Crippen LogP contribution in [0.2, 0.25) is 0 Å². The van der Waals surface area contributed by atoms with Crippen LogP contribution < -0.4 is 0 Å². The minimum atomic E-state index is 0.976. The van der Waals surface area contributed by atoms with Crippen molar-refractivity contribution >= 4 is 0 Å². The van der Waals surface area contributed by atoms with Gasteiger partial charge in [-0.2, -0.15) is 0 Å². The van der Waals surface area contributed by atoms with Gasteiger partial charge in [0, 0.05) is 22.3 Å². The highest BCUT2D eigenvalue weighted by Gasteiger charge is 1.91. The maximum absolute atomic E-state index is 3.20. The Kier molecular flexibility index (Phi) is 6.27. The molecule has 0 radical (unpaired) electrons. The van der Waals surface area contributed by atoms with Crippen molar-refractivity contribution < 1.29 is 0 Å². The second-order valence-corrected chi connectivity index (χ2v) is 5.58. The molecule has 0 aromatic heterocycles. The Balaban J connectivity index is 1.70. The van der Waals surface area contributed by atoms with Gasteiger partial charge in [0.1, 0.15) is 0 Å². The molecule has 26 heavy (non-hydrogen) atoms. The molecule has 0 amide bonds. The van der Waals surface area contributed by atoms with E-state index in [4.69, 9.17) is 0 Å². The Bertz CT molecular complexity index is 918. The Labute approximate surface area is 155 Å². The van der Waals surface area contributed by atoms with Crippen LogP contribution in [-0.4, -0.2) is 0 Å². The molecule has 0 atom stereocenters. The van der Waals surface area contributed by atoms with Crippen LogP contribution in [0, 0.1) is 23.7 Å². The van der Waals surface area contributed by atoms with Gasteiger partial charge in [-0.15, -0.1) is 0 Å². The summed E-state index contributed by atoms with van der Waals surface area (Å²) >= 11 is 0. The van der Waals surface area contributed by atoms with E-state index < -0.39 is 0 Å². The Hall–Kier alpha value is -3.74. The lowest BCUT2D eigenvalue weighted by Crippen LogP contribution is -1.79. The molecule has 1 aromatic rings. The largest absolute Gasteiger partial charge is 0.0623 e. The van der Waals surface area contributed by atoms with E-state index >= 15 is 0 Å². The summed E-state index contributed by atoms with van der Waals surface area (Å²) in [6.07, 6.45) is 27.9. The van der Waals surface area contributed by atoms with Crippen LogP contribution in [0.4, 0.5) is 0 Å². The fourth-order valence-electron chi connectivity index (χ4n) is 2.23. The first-order chi connectivity index (χ1) is 12.9. The first kappa shape index (κ1) is 17.1. The van der Waals surface area contributed by atoms with Gasteiger partial charge in [0.15, 0.2) is 0 Å². The van der Waals surface area contributed by atoms with Gasteiger partial charge in [0.05, 0.1) is 0 Å². The molecule has 0 heteroatoms. The molecule has 0 nitrogen and oxygen atoms in total. The summed E-state index contributed by atoms with van der Waals surface area (Å²) in [6, 6.07) is 8.02. The highest BCUT2D eigenvalue weighted by Crippen LogP contribution is 2.06. The molecule has 122 valence electrons. The molecule has 2 aliphatic carbocycles. The Morgan fingerprint density at radius 2 is 0.769 bits per heavy atom. The molecular formula is C26H18. The smallest absolute Gasteiger partial charge is 0.0249 e. The molecule has 0 bridgehead atoms. The van der Waals surface area contributed by atoms with Gasteiger partial charge in [-0.05, 0) is 48.6 Å². The molecule has 0 heterocycles. The zero-order valence-electron chi connectivity index (χ0n) is 14.4. The summed E-state index contributed by atoms with van der Waals surface area (Å²) in [5.41, 5.74) is 3.92. The molecule has 0 saturated heterocycles. The van der Waals surface area contributed by atoms with Gasteiger partial charge in [-0.1, -0.05) is 84.4 Å². The standard InChI is InChI=1S/C26H18/c1-3-7-11-23(12-8-4-1)15-17-25-19-21-26(22-20-25)18-16-24-13-9-5-2-6-10-14-24/h1-14,19-22H/b3-1-,4-1?,5-2-,6-2?,7-3?,8-4-,9-5?,10-6-,11-7-,12-8?,13-9-,14-10?,23-11?,23-12+,24-13?,24-14+. The predicted molar refractivity (Wildman–Crippen MR) is 111 cm³/mol. The number of benzene rings is 1. The molecule has 3 rings (SSSR count). The SMILES string of the molecule is C(#Cc1ccc(C#CC2=C/C=C\C=C/C=C\2)cc1)C1=C/C=C\C=C/C=C\1. The van der Waals surface area contributed by atoms with Crippen molar-refractivity contribution in [2.24, 2.45) is 0 Å². The number of hydrogen-bond acceptors (Lipinski definition) is 0. The monoisotopic (exact) mass is 330 g/mol. The summed E-state index contributed by atoms with van der Waals surface area (Å²) in [6.45, 7) is 0. The van der Waals surface area contributed by atoms with E-state index in [1.807, 2.05) is 109 Å². The van der Waals surface area contributed by atoms with Gasteiger partial charge in [0.25, 0.3) is 0 Å². The number of allylic oxidation sites excluding steroid dienone is 16. The fourth-order valence-corrected chi connectivity index (χ4v) is 2.23. The first-order valence-electron chi connectivity index (χ1n) is 8.48. The number of rotatable bonds is 0. The third kappa shape index (κ3) is 5.72. The lowest BCUT2D eigenvalue weighted by atomic mass is 10.1. The summed E-state index contributed by atoms with van der Waals surface area (Å²) in [7, 11) is 0. The highest BCUT2D eigenvalue weighted by molar-refractivity contribution is 5.51. The van der Waals surface area contributed by atoms with Crippen molar-refractivity contribution in [2.45, 2.75) is 0 Å². The van der Waals surface area contributed by atoms with E-state index in [-0.39, 0.29) is 0 Å². The van der Waals surface area contributed by atoms with Crippen LogP contribution in [0.3, 0.4) is 0 Å². The van der Waals surface area contributed by atoms with E-state index in [0.29, 0.717) is 0 Å². The second-order valence-electron chi connectivity index (χ2n) is 5.58. The van der Waals surface area contributed by atoms with Crippen LogP contribution in [0.15, 0.2) is 120 Å². The van der Waals surface area contributed by atoms with Crippen LogP contribution in [0.5, 0.6) is 0 Å². The van der Waals surface area contributed by atoms with Gasteiger partial charge in [-0.25, -0.2) is 0 Å². The van der Waals surface area contributed by atoms with E-state index in [1.165, 1.54) is 0 Å². The number of hydrogen-bond donors (Lipinski definition) is 0. The molecule has 0 N–H and O–H groups in total. The maximum Gasteiger partial charge on any atom is 0.0249 e. The van der Waals surface area contributed by atoms with Gasteiger partial charge < -0.3 is 0 Å². The topological polar surface area (TPSA) is 0 Å². The molecule has 0 aliphatic heterocycles. The van der Waals surface area contributed by atoms with E-state index in [9.17, 15) is 0 Å². The van der Waals surface area contributed by atoms with Crippen molar-refractivity contribution in [1.29, 1.82) is 0 Å². The van der Waals surface area contributed by atoms with E-state index in [2.05, 4.69) is 23.7 Å². The normalized spacial score (nSPS) is 26.0. The van der Waals surface area contributed by atoms with Crippen LogP contribution in [0.25, 0.3) is 0 Å². The zero-order chi connectivity index (χ0) is 17.9.